The quantitative estimate of drug-likeness (QED) is 0.248. The van der Waals surface area contributed by atoms with E-state index in [1.807, 2.05) is 6.08 Å². The van der Waals surface area contributed by atoms with Crippen molar-refractivity contribution in [1.82, 2.24) is 0 Å². The van der Waals surface area contributed by atoms with Gasteiger partial charge in [-0.3, -0.25) is 0 Å². The second-order valence-corrected chi connectivity index (χ2v) is 6.89. The van der Waals surface area contributed by atoms with E-state index in [1.54, 1.807) is 6.92 Å². The zero-order valence-corrected chi connectivity index (χ0v) is 14.8. The topological polar surface area (TPSA) is 0 Å². The Hall–Kier alpha value is -0.590. The molecule has 0 saturated carbocycles. The van der Waals surface area contributed by atoms with E-state index < -0.39 is 6.17 Å². The van der Waals surface area contributed by atoms with Crippen molar-refractivity contribution in [3.05, 3.63) is 24.3 Å². The molecule has 0 nitrogen and oxygen atoms in total. The van der Waals surface area contributed by atoms with E-state index in [1.165, 1.54) is 50.5 Å². The Labute approximate surface area is 132 Å². The van der Waals surface area contributed by atoms with Crippen LogP contribution in [0.15, 0.2) is 24.3 Å². The van der Waals surface area contributed by atoms with Crippen molar-refractivity contribution in [2.45, 2.75) is 91.7 Å². The molecule has 124 valence electrons. The van der Waals surface area contributed by atoms with Crippen LogP contribution in [0, 0.1) is 11.8 Å². The highest BCUT2D eigenvalue weighted by Crippen LogP contribution is 2.22. The summed E-state index contributed by atoms with van der Waals surface area (Å²) in [7, 11) is 0. The maximum absolute atomic E-state index is 12.6. The minimum atomic E-state index is -0.704. The highest BCUT2D eigenvalue weighted by molar-refractivity contribution is 4.90. The molecular weight excluding hydrogens is 259 g/mol. The first kappa shape index (κ1) is 20.4. The van der Waals surface area contributed by atoms with Crippen molar-refractivity contribution < 1.29 is 4.39 Å². The minimum Gasteiger partial charge on any atom is -0.247 e. The summed E-state index contributed by atoms with van der Waals surface area (Å²) in [6.07, 6.45) is 14.2. The lowest BCUT2D eigenvalue weighted by molar-refractivity contribution is 0.365. The van der Waals surface area contributed by atoms with Crippen LogP contribution in [0.5, 0.6) is 0 Å². The zero-order valence-electron chi connectivity index (χ0n) is 14.8. The molecule has 0 saturated heterocycles. The van der Waals surface area contributed by atoms with Gasteiger partial charge < -0.3 is 0 Å². The first-order valence-corrected chi connectivity index (χ1v) is 8.89. The SMILES string of the molecule is C=C(C)CC(CC)CCCCC(C)CC/C=C\CC(C)F. The van der Waals surface area contributed by atoms with E-state index in [2.05, 4.69) is 33.4 Å². The van der Waals surface area contributed by atoms with Crippen molar-refractivity contribution in [3.63, 3.8) is 0 Å². The summed E-state index contributed by atoms with van der Waals surface area (Å²) in [5.41, 5.74) is 1.32. The number of hydrogen-bond acceptors (Lipinski definition) is 0. The van der Waals surface area contributed by atoms with Crippen molar-refractivity contribution in [3.8, 4) is 0 Å². The van der Waals surface area contributed by atoms with Gasteiger partial charge >= 0.3 is 0 Å². The van der Waals surface area contributed by atoms with Gasteiger partial charge in [0, 0.05) is 0 Å². The summed E-state index contributed by atoms with van der Waals surface area (Å²) in [6, 6.07) is 0. The van der Waals surface area contributed by atoms with E-state index in [9.17, 15) is 4.39 Å². The predicted molar refractivity (Wildman–Crippen MR) is 94.4 cm³/mol. The summed E-state index contributed by atoms with van der Waals surface area (Å²) in [4.78, 5) is 0. The molecule has 0 fully saturated rings. The summed E-state index contributed by atoms with van der Waals surface area (Å²) in [5.74, 6) is 1.63. The molecule has 0 heterocycles. The smallest absolute Gasteiger partial charge is 0.101 e. The lowest BCUT2D eigenvalue weighted by Crippen LogP contribution is -2.00. The minimum absolute atomic E-state index is 0.565. The van der Waals surface area contributed by atoms with Crippen LogP contribution in [0.25, 0.3) is 0 Å². The van der Waals surface area contributed by atoms with E-state index in [0.717, 1.165) is 18.3 Å². The number of allylic oxidation sites excluding steroid dienone is 3. The Kier molecular flexibility index (Phi) is 12.7. The van der Waals surface area contributed by atoms with Gasteiger partial charge in [0.25, 0.3) is 0 Å². The maximum Gasteiger partial charge on any atom is 0.101 e. The van der Waals surface area contributed by atoms with Crippen LogP contribution in [0.2, 0.25) is 0 Å². The van der Waals surface area contributed by atoms with E-state index >= 15 is 0 Å². The van der Waals surface area contributed by atoms with Gasteiger partial charge in [0.1, 0.15) is 6.17 Å². The number of halogens is 1. The number of alkyl halides is 1. The number of unbranched alkanes of at least 4 members (excludes halogenated alkanes) is 1. The zero-order chi connectivity index (χ0) is 16.1. The molecule has 0 aliphatic carbocycles. The first-order chi connectivity index (χ1) is 9.95. The highest BCUT2D eigenvalue weighted by atomic mass is 19.1. The van der Waals surface area contributed by atoms with Crippen LogP contribution in [0.3, 0.4) is 0 Å². The molecule has 0 spiro atoms. The second-order valence-electron chi connectivity index (χ2n) is 6.89. The van der Waals surface area contributed by atoms with Gasteiger partial charge in [-0.1, -0.05) is 63.7 Å². The molecule has 0 aliphatic rings. The molecule has 0 amide bonds. The van der Waals surface area contributed by atoms with Crippen LogP contribution >= 0.6 is 0 Å². The van der Waals surface area contributed by atoms with Gasteiger partial charge in [-0.05, 0) is 51.4 Å². The molecule has 0 rings (SSSR count). The summed E-state index contributed by atoms with van der Waals surface area (Å²) in [5, 5.41) is 0. The lowest BCUT2D eigenvalue weighted by Gasteiger charge is -2.15. The standard InChI is InChI=1S/C20H37F/c1-6-20(16-17(2)3)15-11-10-13-18(4)12-8-7-9-14-19(5)21/h7,9,18-20H,2,6,8,10-16H2,1,3-5H3/b9-7-. The van der Waals surface area contributed by atoms with Crippen LogP contribution in [0.1, 0.15) is 85.5 Å². The van der Waals surface area contributed by atoms with E-state index in [-0.39, 0.29) is 0 Å². The molecule has 0 bridgehead atoms. The molecule has 3 atom stereocenters. The van der Waals surface area contributed by atoms with Crippen LogP contribution in [0.4, 0.5) is 4.39 Å². The monoisotopic (exact) mass is 296 g/mol. The Morgan fingerprint density at radius 2 is 1.76 bits per heavy atom. The van der Waals surface area contributed by atoms with Crippen LogP contribution in [-0.4, -0.2) is 6.17 Å². The molecule has 0 aromatic heterocycles. The normalized spacial score (nSPS) is 16.0. The molecule has 0 aromatic carbocycles. The molecule has 1 heteroatoms. The Bertz CT molecular complexity index is 278. The summed E-state index contributed by atoms with van der Waals surface area (Å²) in [6.45, 7) is 12.4. The largest absolute Gasteiger partial charge is 0.247 e. The van der Waals surface area contributed by atoms with Crippen LogP contribution < -0.4 is 0 Å². The third-order valence-corrected chi connectivity index (χ3v) is 4.23. The third kappa shape index (κ3) is 14.1. The Morgan fingerprint density at radius 3 is 2.33 bits per heavy atom. The highest BCUT2D eigenvalue weighted by Gasteiger charge is 2.07. The van der Waals surface area contributed by atoms with Crippen molar-refractivity contribution >= 4 is 0 Å². The molecular formula is C20H37F. The molecule has 21 heavy (non-hydrogen) atoms. The van der Waals surface area contributed by atoms with Gasteiger partial charge in [-0.15, -0.1) is 6.58 Å². The average molecular weight is 297 g/mol. The van der Waals surface area contributed by atoms with Gasteiger partial charge in [-0.2, -0.15) is 0 Å². The van der Waals surface area contributed by atoms with Crippen molar-refractivity contribution in [2.24, 2.45) is 11.8 Å². The fourth-order valence-corrected chi connectivity index (χ4v) is 2.80. The van der Waals surface area contributed by atoms with Gasteiger partial charge in [0.05, 0.1) is 0 Å². The Balaban J connectivity index is 3.58. The predicted octanol–water partition coefficient (Wildman–Crippen LogP) is 7.26. The number of hydrogen-bond donors (Lipinski definition) is 0. The van der Waals surface area contributed by atoms with Gasteiger partial charge in [-0.25, -0.2) is 4.39 Å². The fourth-order valence-electron chi connectivity index (χ4n) is 2.80. The maximum atomic E-state index is 12.6. The molecule has 0 aromatic rings. The van der Waals surface area contributed by atoms with Crippen molar-refractivity contribution in [2.75, 3.05) is 0 Å². The second kappa shape index (κ2) is 13.1. The van der Waals surface area contributed by atoms with E-state index in [0.29, 0.717) is 6.42 Å². The molecule has 3 unspecified atom stereocenters. The number of rotatable bonds is 13. The molecule has 0 N–H and O–H groups in total. The Morgan fingerprint density at radius 1 is 1.10 bits per heavy atom. The van der Waals surface area contributed by atoms with Crippen molar-refractivity contribution in [1.29, 1.82) is 0 Å². The fraction of sp³-hybridized carbons (Fsp3) is 0.800. The average Bonchev–Trinajstić information content (AvgIpc) is 2.41. The first-order valence-electron chi connectivity index (χ1n) is 8.89. The molecule has 0 radical (unpaired) electrons. The lowest BCUT2D eigenvalue weighted by atomic mass is 9.91. The molecule has 0 aliphatic heterocycles. The third-order valence-electron chi connectivity index (χ3n) is 4.23. The summed E-state index contributed by atoms with van der Waals surface area (Å²) >= 11 is 0. The van der Waals surface area contributed by atoms with E-state index in [4.69, 9.17) is 0 Å². The summed E-state index contributed by atoms with van der Waals surface area (Å²) < 4.78 is 12.6. The van der Waals surface area contributed by atoms with Crippen LogP contribution in [-0.2, 0) is 0 Å². The van der Waals surface area contributed by atoms with Gasteiger partial charge in [0.2, 0.25) is 0 Å². The van der Waals surface area contributed by atoms with Gasteiger partial charge in [0.15, 0.2) is 0 Å².